The monoisotopic (exact) mass is 397 g/mol. The predicted octanol–water partition coefficient (Wildman–Crippen LogP) is 3.72. The molecule has 0 aliphatic rings. The number of carbonyl (C=O) groups excluding carboxylic acids is 1. The van der Waals surface area contributed by atoms with Gasteiger partial charge in [0.2, 0.25) is 11.7 Å². The van der Waals surface area contributed by atoms with Crippen LogP contribution in [-0.2, 0) is 6.54 Å². The van der Waals surface area contributed by atoms with Crippen LogP contribution in [0.25, 0.3) is 11.4 Å². The summed E-state index contributed by atoms with van der Waals surface area (Å²) in [5, 5.41) is 3.97. The zero-order valence-corrected chi connectivity index (χ0v) is 16.1. The molecule has 29 heavy (non-hydrogen) atoms. The standard InChI is InChI=1S/C21H20FN3O4/c1-4-10-25(21(26)15-6-5-7-16(22)11-15)13-19-23-20(24-29-19)14-8-9-17(27-2)18(12-14)28-3/h4-9,11-12H,1,10,13H2,2-3H3. The molecule has 0 N–H and O–H groups in total. The highest BCUT2D eigenvalue weighted by Gasteiger charge is 2.19. The normalized spacial score (nSPS) is 10.4. The zero-order chi connectivity index (χ0) is 20.8. The van der Waals surface area contributed by atoms with Gasteiger partial charge in [-0.1, -0.05) is 17.3 Å². The fourth-order valence-electron chi connectivity index (χ4n) is 2.75. The second kappa shape index (κ2) is 9.01. The lowest BCUT2D eigenvalue weighted by molar-refractivity contribution is 0.0745. The number of carbonyl (C=O) groups is 1. The summed E-state index contributed by atoms with van der Waals surface area (Å²) in [6, 6.07) is 10.7. The first kappa shape index (κ1) is 20.1. The second-order valence-corrected chi connectivity index (χ2v) is 6.07. The van der Waals surface area contributed by atoms with E-state index in [-0.39, 0.29) is 30.5 Å². The summed E-state index contributed by atoms with van der Waals surface area (Å²) in [5.74, 6) is 0.848. The first-order valence-corrected chi connectivity index (χ1v) is 8.76. The summed E-state index contributed by atoms with van der Waals surface area (Å²) < 4.78 is 29.3. The number of halogens is 1. The number of hydrogen-bond acceptors (Lipinski definition) is 6. The Morgan fingerprint density at radius 1 is 1.21 bits per heavy atom. The summed E-state index contributed by atoms with van der Waals surface area (Å²) in [4.78, 5) is 18.5. The van der Waals surface area contributed by atoms with Crippen LogP contribution >= 0.6 is 0 Å². The minimum Gasteiger partial charge on any atom is -0.493 e. The fourth-order valence-corrected chi connectivity index (χ4v) is 2.75. The maximum absolute atomic E-state index is 13.5. The van der Waals surface area contributed by atoms with E-state index in [0.717, 1.165) is 0 Å². The summed E-state index contributed by atoms with van der Waals surface area (Å²) in [7, 11) is 3.09. The van der Waals surface area contributed by atoms with Crippen molar-refractivity contribution in [2.45, 2.75) is 6.54 Å². The van der Waals surface area contributed by atoms with Crippen LogP contribution in [0.4, 0.5) is 4.39 Å². The zero-order valence-electron chi connectivity index (χ0n) is 16.1. The predicted molar refractivity (Wildman–Crippen MR) is 104 cm³/mol. The summed E-state index contributed by atoms with van der Waals surface area (Å²) in [6.45, 7) is 3.96. The van der Waals surface area contributed by atoms with E-state index in [1.165, 1.54) is 30.2 Å². The van der Waals surface area contributed by atoms with Crippen LogP contribution in [0, 0.1) is 5.82 Å². The van der Waals surface area contributed by atoms with Crippen molar-refractivity contribution >= 4 is 5.91 Å². The number of rotatable bonds is 8. The smallest absolute Gasteiger partial charge is 0.254 e. The van der Waals surface area contributed by atoms with Crippen molar-refractivity contribution in [3.63, 3.8) is 0 Å². The Morgan fingerprint density at radius 3 is 2.69 bits per heavy atom. The number of methoxy groups -OCH3 is 2. The highest BCUT2D eigenvalue weighted by Crippen LogP contribution is 2.31. The van der Waals surface area contributed by atoms with Crippen LogP contribution in [0.2, 0.25) is 0 Å². The van der Waals surface area contributed by atoms with Gasteiger partial charge < -0.3 is 18.9 Å². The highest BCUT2D eigenvalue weighted by atomic mass is 19.1. The number of amides is 1. The number of ether oxygens (including phenoxy) is 2. The Balaban J connectivity index is 1.81. The molecule has 0 unspecified atom stereocenters. The van der Waals surface area contributed by atoms with Gasteiger partial charge >= 0.3 is 0 Å². The van der Waals surface area contributed by atoms with Gasteiger partial charge in [-0.25, -0.2) is 4.39 Å². The molecule has 7 nitrogen and oxygen atoms in total. The molecule has 0 radical (unpaired) electrons. The highest BCUT2D eigenvalue weighted by molar-refractivity contribution is 5.94. The second-order valence-electron chi connectivity index (χ2n) is 6.07. The van der Waals surface area contributed by atoms with E-state index < -0.39 is 5.82 Å². The number of hydrogen-bond donors (Lipinski definition) is 0. The van der Waals surface area contributed by atoms with Gasteiger partial charge in [0, 0.05) is 17.7 Å². The van der Waals surface area contributed by atoms with Gasteiger partial charge in [-0.05, 0) is 36.4 Å². The average Bonchev–Trinajstić information content (AvgIpc) is 3.21. The van der Waals surface area contributed by atoms with Gasteiger partial charge in [-0.15, -0.1) is 6.58 Å². The van der Waals surface area contributed by atoms with Gasteiger partial charge in [0.15, 0.2) is 11.5 Å². The first-order valence-electron chi connectivity index (χ1n) is 8.76. The average molecular weight is 397 g/mol. The minimum atomic E-state index is -0.483. The van der Waals surface area contributed by atoms with Crippen molar-refractivity contribution in [2.75, 3.05) is 20.8 Å². The van der Waals surface area contributed by atoms with Gasteiger partial charge in [-0.2, -0.15) is 4.98 Å². The van der Waals surface area contributed by atoms with E-state index in [1.54, 1.807) is 37.5 Å². The largest absolute Gasteiger partial charge is 0.493 e. The number of nitrogens with zero attached hydrogens (tertiary/aromatic N) is 3. The molecule has 0 saturated carbocycles. The third-order valence-corrected chi connectivity index (χ3v) is 4.14. The molecular weight excluding hydrogens is 377 g/mol. The summed E-state index contributed by atoms with van der Waals surface area (Å²) in [5.41, 5.74) is 0.899. The summed E-state index contributed by atoms with van der Waals surface area (Å²) >= 11 is 0. The Morgan fingerprint density at radius 2 is 2.00 bits per heavy atom. The van der Waals surface area contributed by atoms with Crippen molar-refractivity contribution in [3.05, 3.63) is 72.4 Å². The Hall–Kier alpha value is -3.68. The Bertz CT molecular complexity index is 1020. The Labute approximate surface area is 167 Å². The molecule has 1 heterocycles. The number of benzene rings is 2. The molecule has 0 atom stereocenters. The molecule has 0 aliphatic heterocycles. The van der Waals surface area contributed by atoms with Crippen LogP contribution in [0.5, 0.6) is 11.5 Å². The molecule has 2 aromatic carbocycles. The Kier molecular flexibility index (Phi) is 6.23. The molecule has 1 amide bonds. The lowest BCUT2D eigenvalue weighted by Crippen LogP contribution is -2.30. The van der Waals surface area contributed by atoms with Crippen LogP contribution in [0.3, 0.4) is 0 Å². The fraction of sp³-hybridized carbons (Fsp3) is 0.190. The lowest BCUT2D eigenvalue weighted by Gasteiger charge is -2.19. The van der Waals surface area contributed by atoms with Gasteiger partial charge in [0.05, 0.1) is 14.2 Å². The third-order valence-electron chi connectivity index (χ3n) is 4.14. The first-order chi connectivity index (χ1) is 14.0. The SMILES string of the molecule is C=CCN(Cc1nc(-c2ccc(OC)c(OC)c2)no1)C(=O)c1cccc(F)c1. The lowest BCUT2D eigenvalue weighted by atomic mass is 10.2. The van der Waals surface area contributed by atoms with E-state index in [2.05, 4.69) is 16.7 Å². The van der Waals surface area contributed by atoms with Crippen LogP contribution < -0.4 is 9.47 Å². The topological polar surface area (TPSA) is 77.7 Å². The molecule has 8 heteroatoms. The molecule has 0 spiro atoms. The van der Waals surface area contributed by atoms with Gasteiger partial charge in [-0.3, -0.25) is 4.79 Å². The van der Waals surface area contributed by atoms with E-state index in [1.807, 2.05) is 0 Å². The molecule has 0 bridgehead atoms. The van der Waals surface area contributed by atoms with Gasteiger partial charge in [0.1, 0.15) is 12.4 Å². The van der Waals surface area contributed by atoms with E-state index in [0.29, 0.717) is 22.9 Å². The minimum absolute atomic E-state index is 0.0572. The number of aromatic nitrogens is 2. The van der Waals surface area contributed by atoms with Crippen molar-refractivity contribution in [1.82, 2.24) is 15.0 Å². The molecule has 0 saturated heterocycles. The third kappa shape index (κ3) is 4.60. The molecule has 3 rings (SSSR count). The van der Waals surface area contributed by atoms with Crippen molar-refractivity contribution in [2.24, 2.45) is 0 Å². The molecular formula is C21H20FN3O4. The van der Waals surface area contributed by atoms with E-state index in [9.17, 15) is 9.18 Å². The van der Waals surface area contributed by atoms with E-state index >= 15 is 0 Å². The molecule has 0 aliphatic carbocycles. The molecule has 3 aromatic rings. The van der Waals surface area contributed by atoms with Crippen LogP contribution in [-0.4, -0.2) is 41.7 Å². The van der Waals surface area contributed by atoms with Crippen LogP contribution in [0.15, 0.2) is 59.6 Å². The van der Waals surface area contributed by atoms with Gasteiger partial charge in [0.25, 0.3) is 5.91 Å². The molecule has 150 valence electrons. The summed E-state index contributed by atoms with van der Waals surface area (Å²) in [6.07, 6.45) is 1.57. The van der Waals surface area contributed by atoms with Crippen molar-refractivity contribution in [3.8, 4) is 22.9 Å². The van der Waals surface area contributed by atoms with Crippen molar-refractivity contribution in [1.29, 1.82) is 0 Å². The van der Waals surface area contributed by atoms with Crippen LogP contribution in [0.1, 0.15) is 16.2 Å². The quantitative estimate of drug-likeness (QED) is 0.539. The molecule has 0 fully saturated rings. The molecule has 1 aromatic heterocycles. The maximum atomic E-state index is 13.5. The van der Waals surface area contributed by atoms with E-state index in [4.69, 9.17) is 14.0 Å². The van der Waals surface area contributed by atoms with Crippen molar-refractivity contribution < 1.29 is 23.2 Å². The maximum Gasteiger partial charge on any atom is 0.254 e.